The van der Waals surface area contributed by atoms with Gasteiger partial charge in [0.2, 0.25) is 6.41 Å². The lowest BCUT2D eigenvalue weighted by Crippen LogP contribution is -2.71. The summed E-state index contributed by atoms with van der Waals surface area (Å²) in [7, 11) is 0. The minimum atomic E-state index is -1.20. The number of hydrogen-bond acceptors (Lipinski definition) is 11. The van der Waals surface area contributed by atoms with Gasteiger partial charge in [-0.1, -0.05) is 17.3 Å². The van der Waals surface area contributed by atoms with E-state index in [0.29, 0.717) is 29.9 Å². The van der Waals surface area contributed by atoms with Crippen LogP contribution in [0.2, 0.25) is 0 Å². The van der Waals surface area contributed by atoms with Gasteiger partial charge < -0.3 is 20.6 Å². The quantitative estimate of drug-likeness (QED) is 0.107. The van der Waals surface area contributed by atoms with Crippen molar-refractivity contribution in [2.75, 3.05) is 16.8 Å². The van der Waals surface area contributed by atoms with Gasteiger partial charge in [0.25, 0.3) is 11.8 Å². The van der Waals surface area contributed by atoms with Gasteiger partial charge in [0.15, 0.2) is 10.8 Å². The third-order valence-electron chi connectivity index (χ3n) is 6.23. The van der Waals surface area contributed by atoms with E-state index in [9.17, 15) is 24.3 Å². The van der Waals surface area contributed by atoms with E-state index < -0.39 is 29.2 Å². The number of oxime groups is 1. The summed E-state index contributed by atoms with van der Waals surface area (Å²) < 4.78 is 0. The number of carbonyl (C=O) groups excluding carboxylic acids is 3. The molecular formula is C26H24N6O6S3. The maximum absolute atomic E-state index is 13.3. The number of nitrogens with zero attached hydrogens (tertiary/aromatic N) is 4. The Morgan fingerprint density at radius 3 is 2.98 bits per heavy atom. The largest absolute Gasteiger partial charge is 0.477 e. The highest BCUT2D eigenvalue weighted by atomic mass is 32.2. The molecule has 41 heavy (non-hydrogen) atoms. The summed E-state index contributed by atoms with van der Waals surface area (Å²) in [4.78, 5) is 64.5. The number of thioether (sulfide) groups is 2. The van der Waals surface area contributed by atoms with Crippen LogP contribution in [0.5, 0.6) is 0 Å². The fourth-order valence-corrected chi connectivity index (χ4v) is 7.19. The first-order chi connectivity index (χ1) is 20.0. The van der Waals surface area contributed by atoms with Gasteiger partial charge in [-0.05, 0) is 47.6 Å². The monoisotopic (exact) mass is 612 g/mol. The number of nitrogens with one attached hydrogen (secondary N) is 2. The topological polar surface area (TPSA) is 163 Å². The van der Waals surface area contributed by atoms with Crippen molar-refractivity contribution in [3.05, 3.63) is 70.0 Å². The summed E-state index contributed by atoms with van der Waals surface area (Å²) in [6.07, 6.45) is 10.8. The standard InChI is InChI=1S/C26H24N6O6S3/c33-14-28-26-29-18(13-41-26)19(31-38-17-5-1-2-6-17)22(34)30-20-23(35)32-21(25(36)37)16(12-40-24(20)32)11-39-9-7-15-4-3-8-27-10-15/h1,3-5,7-10,13-14,17,20,24H,2,6,11-12H2,(H,30,34)(H,36,37)(H,28,29,33)/t17?,20?,24-/m0/s1. The average molecular weight is 613 g/mol. The molecule has 3 amide bonds. The van der Waals surface area contributed by atoms with Crippen LogP contribution in [0.25, 0.3) is 6.08 Å². The Morgan fingerprint density at radius 2 is 2.24 bits per heavy atom. The molecule has 5 rings (SSSR count). The summed E-state index contributed by atoms with van der Waals surface area (Å²) in [5, 5.41) is 22.2. The van der Waals surface area contributed by atoms with Crippen LogP contribution >= 0.6 is 34.9 Å². The minimum Gasteiger partial charge on any atom is -0.477 e. The van der Waals surface area contributed by atoms with Gasteiger partial charge in [0.05, 0.1) is 0 Å². The molecule has 2 aromatic rings. The van der Waals surface area contributed by atoms with Crippen LogP contribution < -0.4 is 10.6 Å². The first kappa shape index (κ1) is 28.6. The van der Waals surface area contributed by atoms with E-state index in [4.69, 9.17) is 4.84 Å². The molecule has 4 heterocycles. The van der Waals surface area contributed by atoms with Crippen LogP contribution in [0.4, 0.5) is 5.13 Å². The number of aromatic nitrogens is 2. The lowest BCUT2D eigenvalue weighted by atomic mass is 10.0. The maximum Gasteiger partial charge on any atom is 0.352 e. The van der Waals surface area contributed by atoms with Gasteiger partial charge in [-0.15, -0.1) is 34.9 Å². The number of carboxylic acid groups (broad SMARTS) is 1. The Bertz CT molecular complexity index is 1460. The van der Waals surface area contributed by atoms with E-state index in [1.165, 1.54) is 28.4 Å². The van der Waals surface area contributed by atoms with E-state index in [1.54, 1.807) is 17.8 Å². The molecule has 2 aromatic heterocycles. The second-order valence-corrected chi connectivity index (χ2v) is 11.8. The van der Waals surface area contributed by atoms with Crippen molar-refractivity contribution in [3.63, 3.8) is 0 Å². The number of thiazole rings is 1. The van der Waals surface area contributed by atoms with Crippen molar-refractivity contribution >= 4 is 76.0 Å². The van der Waals surface area contributed by atoms with Gasteiger partial charge >= 0.3 is 5.97 Å². The van der Waals surface area contributed by atoms with Crippen molar-refractivity contribution in [2.24, 2.45) is 5.16 Å². The molecule has 0 spiro atoms. The molecule has 0 radical (unpaired) electrons. The first-order valence-electron chi connectivity index (χ1n) is 12.4. The first-order valence-corrected chi connectivity index (χ1v) is 15.4. The van der Waals surface area contributed by atoms with Gasteiger partial charge in [-0.2, -0.15) is 0 Å². The SMILES string of the molecule is O=CNc1nc(C(=NOC2C=CCC2)C(=O)NC2C(=O)N3C(C(=O)O)=C(CSC=Cc4cccnc4)CS[C@@H]23)cs1. The highest BCUT2D eigenvalue weighted by Gasteiger charge is 2.54. The molecule has 0 aromatic carbocycles. The highest BCUT2D eigenvalue weighted by molar-refractivity contribution is 8.02. The summed E-state index contributed by atoms with van der Waals surface area (Å²) in [6.45, 7) is 0. The Morgan fingerprint density at radius 1 is 1.37 bits per heavy atom. The van der Waals surface area contributed by atoms with Crippen molar-refractivity contribution in [1.29, 1.82) is 0 Å². The molecule has 3 aliphatic rings. The van der Waals surface area contributed by atoms with Crippen LogP contribution in [-0.2, 0) is 24.0 Å². The lowest BCUT2D eigenvalue weighted by molar-refractivity contribution is -0.150. The van der Waals surface area contributed by atoms with Gasteiger partial charge in [-0.25, -0.2) is 9.78 Å². The lowest BCUT2D eigenvalue weighted by Gasteiger charge is -2.49. The van der Waals surface area contributed by atoms with Gasteiger partial charge in [-0.3, -0.25) is 24.3 Å². The second kappa shape index (κ2) is 13.1. The molecule has 15 heteroatoms. The highest BCUT2D eigenvalue weighted by Crippen LogP contribution is 2.41. The number of rotatable bonds is 12. The van der Waals surface area contributed by atoms with Crippen molar-refractivity contribution in [2.45, 2.75) is 30.4 Å². The Hall–Kier alpha value is -3.95. The number of allylic oxidation sites excluding steroid dienone is 1. The van der Waals surface area contributed by atoms with E-state index in [-0.39, 0.29) is 28.3 Å². The third kappa shape index (κ3) is 6.52. The Kier molecular flexibility index (Phi) is 9.16. The predicted molar refractivity (Wildman–Crippen MR) is 157 cm³/mol. The number of β-lactam (4-membered cyclic amide) rings is 1. The fourth-order valence-electron chi connectivity index (χ4n) is 4.27. The van der Waals surface area contributed by atoms with E-state index in [1.807, 2.05) is 35.8 Å². The van der Waals surface area contributed by atoms with E-state index in [0.717, 1.165) is 23.3 Å². The maximum atomic E-state index is 13.3. The third-order valence-corrected chi connectivity index (χ3v) is 9.18. The van der Waals surface area contributed by atoms with Crippen LogP contribution in [0.1, 0.15) is 24.1 Å². The van der Waals surface area contributed by atoms with Crippen molar-refractivity contribution in [3.8, 4) is 0 Å². The van der Waals surface area contributed by atoms with Crippen molar-refractivity contribution in [1.82, 2.24) is 20.2 Å². The summed E-state index contributed by atoms with van der Waals surface area (Å²) in [5.74, 6) is -1.64. The average Bonchev–Trinajstić information content (AvgIpc) is 3.67. The van der Waals surface area contributed by atoms with Crippen molar-refractivity contribution < 1.29 is 29.1 Å². The molecule has 2 unspecified atom stereocenters. The molecule has 12 nitrogen and oxygen atoms in total. The molecule has 1 aliphatic carbocycles. The van der Waals surface area contributed by atoms with Gasteiger partial charge in [0.1, 0.15) is 28.9 Å². The normalized spacial score (nSPS) is 22.0. The number of amides is 3. The summed E-state index contributed by atoms with van der Waals surface area (Å²) >= 11 is 3.90. The molecule has 1 saturated heterocycles. The molecule has 3 N–H and O–H groups in total. The Balaban J connectivity index is 1.28. The van der Waals surface area contributed by atoms with Crippen LogP contribution in [0, 0.1) is 0 Å². The molecule has 2 aliphatic heterocycles. The summed E-state index contributed by atoms with van der Waals surface area (Å²) in [5.41, 5.74) is 1.50. The number of carboxylic acids is 1. The molecule has 1 fully saturated rings. The summed E-state index contributed by atoms with van der Waals surface area (Å²) in [6, 6.07) is 2.78. The number of anilines is 1. The van der Waals surface area contributed by atoms with Gasteiger partial charge in [0, 0.05) is 29.3 Å². The molecule has 3 atom stereocenters. The molecule has 0 saturated carbocycles. The fraction of sp³-hybridized carbons (Fsp3) is 0.269. The zero-order valence-electron chi connectivity index (χ0n) is 21.3. The number of aliphatic carboxylic acids is 1. The molecule has 212 valence electrons. The smallest absolute Gasteiger partial charge is 0.352 e. The number of hydrogen-bond donors (Lipinski definition) is 3. The Labute approximate surface area is 247 Å². The zero-order valence-corrected chi connectivity index (χ0v) is 23.8. The number of fused-ring (bicyclic) bond motifs is 1. The van der Waals surface area contributed by atoms with E-state index >= 15 is 0 Å². The number of carbonyl (C=O) groups is 4. The predicted octanol–water partition coefficient (Wildman–Crippen LogP) is 2.69. The van der Waals surface area contributed by atoms with Crippen LogP contribution in [-0.4, -0.2) is 78.9 Å². The van der Waals surface area contributed by atoms with E-state index in [2.05, 4.69) is 25.8 Å². The molecule has 0 bridgehead atoms. The minimum absolute atomic E-state index is 0.0548. The van der Waals surface area contributed by atoms with Crippen LogP contribution in [0.3, 0.4) is 0 Å². The zero-order chi connectivity index (χ0) is 28.8. The van der Waals surface area contributed by atoms with Crippen LogP contribution in [0.15, 0.2) is 63.9 Å². The molecular weight excluding hydrogens is 589 g/mol. The second-order valence-electron chi connectivity index (χ2n) is 8.91. The number of pyridine rings is 1.